The first-order chi connectivity index (χ1) is 28.1. The number of fused-ring (bicyclic) bond motifs is 2. The Balaban J connectivity index is 1.20. The summed E-state index contributed by atoms with van der Waals surface area (Å²) < 4.78 is 40.2. The lowest BCUT2D eigenvalue weighted by Crippen LogP contribution is -2.54. The summed E-state index contributed by atoms with van der Waals surface area (Å²) in [5.41, 5.74) is 2.22. The van der Waals surface area contributed by atoms with Crippen LogP contribution in [-0.2, 0) is 29.2 Å². The largest absolute Gasteiger partial charge is 0.497 e. The first-order valence-electron chi connectivity index (χ1n) is 21.2. The molecule has 4 heterocycles. The van der Waals surface area contributed by atoms with Crippen LogP contribution >= 0.6 is 0 Å². The number of carbonyl (C=O) groups is 4. The molecule has 3 aromatic rings. The molecule has 4 aliphatic rings. The van der Waals surface area contributed by atoms with E-state index in [0.29, 0.717) is 61.5 Å². The van der Waals surface area contributed by atoms with Gasteiger partial charge in [-0.3, -0.25) is 23.9 Å². The van der Waals surface area contributed by atoms with Gasteiger partial charge in [-0.1, -0.05) is 75.3 Å². The summed E-state index contributed by atoms with van der Waals surface area (Å²) in [6, 6.07) is 15.0. The third-order valence-corrected chi connectivity index (χ3v) is 13.9. The zero-order valence-electron chi connectivity index (χ0n) is 33.5. The minimum Gasteiger partial charge on any atom is -0.497 e. The molecule has 58 heavy (non-hydrogen) atoms. The van der Waals surface area contributed by atoms with Crippen molar-refractivity contribution < 1.29 is 37.1 Å². The van der Waals surface area contributed by atoms with Gasteiger partial charge in [-0.25, -0.2) is 13.4 Å². The number of nitrogens with one attached hydrogen (secondary N) is 2. The molecule has 0 radical (unpaired) electrons. The van der Waals surface area contributed by atoms with Gasteiger partial charge in [0.2, 0.25) is 27.7 Å². The summed E-state index contributed by atoms with van der Waals surface area (Å²) >= 11 is 0. The number of benzene rings is 2. The predicted molar refractivity (Wildman–Crippen MR) is 220 cm³/mol. The highest BCUT2D eigenvalue weighted by molar-refractivity contribution is 7.90. The summed E-state index contributed by atoms with van der Waals surface area (Å²) in [6.07, 6.45) is 10.4. The van der Waals surface area contributed by atoms with Crippen molar-refractivity contribution in [3.63, 3.8) is 0 Å². The molecule has 13 nitrogen and oxygen atoms in total. The highest BCUT2D eigenvalue weighted by atomic mass is 32.2. The van der Waals surface area contributed by atoms with Crippen LogP contribution < -0.4 is 19.5 Å². The van der Waals surface area contributed by atoms with E-state index >= 15 is 0 Å². The van der Waals surface area contributed by atoms with Crippen molar-refractivity contribution in [2.24, 2.45) is 5.92 Å². The number of ether oxygens (including phenoxy) is 2. The van der Waals surface area contributed by atoms with Crippen LogP contribution in [0.1, 0.15) is 103 Å². The van der Waals surface area contributed by atoms with Gasteiger partial charge in [0.25, 0.3) is 5.91 Å². The lowest BCUT2D eigenvalue weighted by Gasteiger charge is -2.31. The van der Waals surface area contributed by atoms with Crippen LogP contribution in [-0.4, -0.2) is 97.0 Å². The molecule has 4 amide bonds. The molecule has 3 saturated heterocycles. The number of carbonyl (C=O) groups excluding carboxylic acids is 4. The van der Waals surface area contributed by atoms with Crippen molar-refractivity contribution in [1.82, 2.24) is 24.8 Å². The standard InChI is InChI=1S/C44H57N5O8S/c1-56-32-19-22-35-38(26-32)45-37(30-15-10-7-11-16-30)28-40(35)57-33-27-39-43(52)46-36(42(51)47-58(54,55)34-20-21-34)18-12-6-4-2-3-5-9-17-31(44(53)49(39)29-33)25-41(50)48-23-13-8-14-24-48/h7,10-11,15-16,19,22,26,28,31,33-34,36,39H,2-6,8-9,12-14,17-18,20-21,23-25,27,29H2,1H3,(H,46,52)(H,47,51)/t31-,33-,36?,39+/m1/s1. The Labute approximate surface area is 341 Å². The van der Waals surface area contributed by atoms with E-state index in [1.54, 1.807) is 12.0 Å². The van der Waals surface area contributed by atoms with E-state index < -0.39 is 51.2 Å². The maximum atomic E-state index is 14.8. The number of pyridine rings is 1. The second kappa shape index (κ2) is 18.9. The Kier molecular flexibility index (Phi) is 13.5. The van der Waals surface area contributed by atoms with Crippen molar-refractivity contribution in [3.8, 4) is 22.8 Å². The minimum atomic E-state index is -3.85. The molecule has 1 saturated carbocycles. The predicted octanol–water partition coefficient (Wildman–Crippen LogP) is 5.90. The number of methoxy groups -OCH3 is 1. The maximum absolute atomic E-state index is 14.8. The maximum Gasteiger partial charge on any atom is 0.256 e. The Morgan fingerprint density at radius 1 is 0.862 bits per heavy atom. The van der Waals surface area contributed by atoms with Gasteiger partial charge in [0, 0.05) is 54.9 Å². The lowest BCUT2D eigenvalue weighted by molar-refractivity contribution is -0.145. The van der Waals surface area contributed by atoms with Gasteiger partial charge < -0.3 is 24.6 Å². The summed E-state index contributed by atoms with van der Waals surface area (Å²) in [6.45, 7) is 1.45. The normalized spacial score (nSPS) is 24.2. The van der Waals surface area contributed by atoms with E-state index in [0.717, 1.165) is 68.7 Å². The fourth-order valence-electron chi connectivity index (χ4n) is 8.58. The molecule has 2 N–H and O–H groups in total. The van der Waals surface area contributed by atoms with E-state index in [2.05, 4.69) is 10.0 Å². The van der Waals surface area contributed by atoms with Gasteiger partial charge in [-0.05, 0) is 57.1 Å². The van der Waals surface area contributed by atoms with Crippen LogP contribution in [0, 0.1) is 5.92 Å². The summed E-state index contributed by atoms with van der Waals surface area (Å²) in [4.78, 5) is 64.9. The zero-order chi connectivity index (χ0) is 40.6. The van der Waals surface area contributed by atoms with Crippen LogP contribution in [0.5, 0.6) is 11.5 Å². The SMILES string of the molecule is COc1ccc2c(O[C@@H]3C[C@H]4C(=O)NC(C(=O)NS(=O)(=O)C5CC5)CCCCCCCCC[C@H](CC(=O)N5CCCCC5)C(=O)N4C3)cc(-c3ccccc3)nc2c1. The average molecular weight is 816 g/mol. The van der Waals surface area contributed by atoms with E-state index in [1.807, 2.05) is 59.5 Å². The van der Waals surface area contributed by atoms with Gasteiger partial charge in [-0.15, -0.1) is 0 Å². The zero-order valence-corrected chi connectivity index (χ0v) is 34.4. The molecular weight excluding hydrogens is 759 g/mol. The third-order valence-electron chi connectivity index (χ3n) is 12.1. The van der Waals surface area contributed by atoms with Gasteiger partial charge in [-0.2, -0.15) is 0 Å². The fourth-order valence-corrected chi connectivity index (χ4v) is 9.92. The fraction of sp³-hybridized carbons (Fsp3) is 0.568. The van der Waals surface area contributed by atoms with E-state index in [1.165, 1.54) is 0 Å². The number of hydrogen-bond acceptors (Lipinski definition) is 9. The monoisotopic (exact) mass is 815 g/mol. The van der Waals surface area contributed by atoms with Crippen molar-refractivity contribution in [3.05, 3.63) is 54.6 Å². The van der Waals surface area contributed by atoms with E-state index in [4.69, 9.17) is 14.5 Å². The van der Waals surface area contributed by atoms with Gasteiger partial charge in [0.05, 0.1) is 30.1 Å². The molecule has 14 heteroatoms. The third kappa shape index (κ3) is 10.3. The molecule has 1 aromatic heterocycles. The highest BCUT2D eigenvalue weighted by Gasteiger charge is 2.45. The number of aromatic nitrogens is 1. The smallest absolute Gasteiger partial charge is 0.256 e. The molecule has 7 rings (SSSR count). The number of nitrogens with zero attached hydrogens (tertiary/aromatic N) is 3. The molecule has 1 aliphatic carbocycles. The Morgan fingerprint density at radius 2 is 1.55 bits per heavy atom. The quantitative estimate of drug-likeness (QED) is 0.268. The minimum absolute atomic E-state index is 0.0406. The highest BCUT2D eigenvalue weighted by Crippen LogP contribution is 2.36. The van der Waals surface area contributed by atoms with Crippen LogP contribution in [0.15, 0.2) is 54.6 Å². The molecule has 4 fully saturated rings. The molecular formula is C44H57N5O8S. The Bertz CT molecular complexity index is 2050. The topological polar surface area (TPSA) is 164 Å². The second-order valence-electron chi connectivity index (χ2n) is 16.4. The summed E-state index contributed by atoms with van der Waals surface area (Å²) in [5, 5.41) is 3.00. The number of piperidine rings is 1. The molecule has 2 aromatic carbocycles. The van der Waals surface area contributed by atoms with Crippen molar-refractivity contribution in [2.45, 2.75) is 126 Å². The van der Waals surface area contributed by atoms with Crippen molar-refractivity contribution >= 4 is 44.6 Å². The molecule has 312 valence electrons. The van der Waals surface area contributed by atoms with Crippen LogP contribution in [0.2, 0.25) is 0 Å². The first kappa shape index (κ1) is 41.4. The van der Waals surface area contributed by atoms with Gasteiger partial charge >= 0.3 is 0 Å². The second-order valence-corrected chi connectivity index (χ2v) is 18.4. The molecule has 3 aliphatic heterocycles. The van der Waals surface area contributed by atoms with Gasteiger partial charge in [0.15, 0.2) is 0 Å². The molecule has 0 spiro atoms. The Morgan fingerprint density at radius 3 is 2.26 bits per heavy atom. The Hall–Kier alpha value is -4.72. The number of amides is 4. The molecule has 0 bridgehead atoms. The lowest BCUT2D eigenvalue weighted by atomic mass is 9.93. The number of rotatable bonds is 9. The summed E-state index contributed by atoms with van der Waals surface area (Å²) in [7, 11) is -2.26. The van der Waals surface area contributed by atoms with Crippen LogP contribution in [0.3, 0.4) is 0 Å². The van der Waals surface area contributed by atoms with E-state index in [9.17, 15) is 27.6 Å². The van der Waals surface area contributed by atoms with Crippen LogP contribution in [0.25, 0.3) is 22.2 Å². The average Bonchev–Trinajstić information content (AvgIpc) is 4.02. The first-order valence-corrected chi connectivity index (χ1v) is 22.8. The van der Waals surface area contributed by atoms with Crippen molar-refractivity contribution in [1.29, 1.82) is 0 Å². The number of hydrogen-bond donors (Lipinski definition) is 2. The van der Waals surface area contributed by atoms with Gasteiger partial charge in [0.1, 0.15) is 29.7 Å². The summed E-state index contributed by atoms with van der Waals surface area (Å²) in [5.74, 6) is -1.10. The number of likely N-dealkylation sites (tertiary alicyclic amines) is 1. The van der Waals surface area contributed by atoms with Crippen LogP contribution in [0.4, 0.5) is 0 Å². The molecule has 4 atom stereocenters. The van der Waals surface area contributed by atoms with Crippen molar-refractivity contribution in [2.75, 3.05) is 26.7 Å². The van der Waals surface area contributed by atoms with E-state index in [-0.39, 0.29) is 37.6 Å². The number of sulfonamides is 1. The molecule has 1 unspecified atom stereocenters.